The fourth-order valence-electron chi connectivity index (χ4n) is 3.68. The van der Waals surface area contributed by atoms with Crippen LogP contribution >= 0.6 is 0 Å². The van der Waals surface area contributed by atoms with Crippen LogP contribution in [0.2, 0.25) is 0 Å². The van der Waals surface area contributed by atoms with Gasteiger partial charge >= 0.3 is 0 Å². The molecule has 1 aromatic heterocycles. The topological polar surface area (TPSA) is 81.7 Å². The van der Waals surface area contributed by atoms with Crippen molar-refractivity contribution < 1.29 is 9.53 Å². The lowest BCUT2D eigenvalue weighted by molar-refractivity contribution is 0.0977. The summed E-state index contributed by atoms with van der Waals surface area (Å²) in [7, 11) is 5.51. The first-order valence-corrected chi connectivity index (χ1v) is 11.1. The van der Waals surface area contributed by atoms with E-state index in [2.05, 4.69) is 32.7 Å². The van der Waals surface area contributed by atoms with Crippen molar-refractivity contribution in [3.05, 3.63) is 90.1 Å². The fourth-order valence-corrected chi connectivity index (χ4v) is 3.68. The molecule has 3 aromatic carbocycles. The summed E-state index contributed by atoms with van der Waals surface area (Å²) in [5, 5.41) is 7.35. The zero-order valence-corrected chi connectivity index (χ0v) is 19.6. The number of hydrogen-bond donors (Lipinski definition) is 3. The minimum atomic E-state index is -0.232. The minimum Gasteiger partial charge on any atom is -0.497 e. The maximum Gasteiger partial charge on any atom is 0.258 e. The Balaban J connectivity index is 1.54. The van der Waals surface area contributed by atoms with Gasteiger partial charge in [-0.3, -0.25) is 15.1 Å². The fraction of sp³-hybridized carbons (Fsp3) is 0.185. The molecule has 7 nitrogen and oxygen atoms in total. The van der Waals surface area contributed by atoms with E-state index < -0.39 is 0 Å². The molecule has 0 bridgehead atoms. The number of methoxy groups -OCH3 is 1. The molecule has 34 heavy (non-hydrogen) atoms. The third-order valence-corrected chi connectivity index (χ3v) is 5.52. The lowest BCUT2D eigenvalue weighted by Gasteiger charge is -2.15. The first-order valence-electron chi connectivity index (χ1n) is 11.1. The van der Waals surface area contributed by atoms with Gasteiger partial charge < -0.3 is 19.9 Å². The SMILES string of the molecule is COc1cccc(NC(=NCCc2c[nH]c3ccccc23)NC(=O)c2cccc(N(C)C)c2)c1. The Morgan fingerprint density at radius 1 is 1.03 bits per heavy atom. The van der Waals surface area contributed by atoms with E-state index in [0.29, 0.717) is 23.8 Å². The molecule has 0 fully saturated rings. The number of aliphatic imine (C=N–C) groups is 1. The Morgan fingerprint density at radius 2 is 1.85 bits per heavy atom. The number of para-hydroxylation sites is 1. The van der Waals surface area contributed by atoms with E-state index in [-0.39, 0.29) is 5.91 Å². The zero-order valence-electron chi connectivity index (χ0n) is 19.6. The molecule has 0 unspecified atom stereocenters. The van der Waals surface area contributed by atoms with Gasteiger partial charge in [-0.05, 0) is 48.4 Å². The van der Waals surface area contributed by atoms with Gasteiger partial charge in [0.25, 0.3) is 5.91 Å². The predicted molar refractivity (Wildman–Crippen MR) is 139 cm³/mol. The number of amides is 1. The molecule has 4 aromatic rings. The summed E-state index contributed by atoms with van der Waals surface area (Å²) in [4.78, 5) is 23.0. The highest BCUT2D eigenvalue weighted by Gasteiger charge is 2.11. The van der Waals surface area contributed by atoms with Crippen LogP contribution in [0.15, 0.2) is 84.0 Å². The molecule has 174 valence electrons. The van der Waals surface area contributed by atoms with Crippen LogP contribution in [0.3, 0.4) is 0 Å². The number of nitrogens with zero attached hydrogens (tertiary/aromatic N) is 2. The molecule has 0 saturated heterocycles. The standard InChI is InChI=1S/C27H29N5O2/c1-32(2)22-10-6-8-19(16-22)26(33)31-27(30-21-9-7-11-23(17-21)34-3)28-15-14-20-18-29-25-13-5-4-12-24(20)25/h4-13,16-18,29H,14-15H2,1-3H3,(H2,28,30,31,33). The number of guanidine groups is 1. The van der Waals surface area contributed by atoms with Gasteiger partial charge in [-0.15, -0.1) is 0 Å². The monoisotopic (exact) mass is 455 g/mol. The van der Waals surface area contributed by atoms with Gasteiger partial charge in [0, 0.05) is 60.7 Å². The Labute approximate surface area is 199 Å². The van der Waals surface area contributed by atoms with Crippen molar-refractivity contribution >= 4 is 34.1 Å². The minimum absolute atomic E-state index is 0.232. The molecule has 1 amide bonds. The molecular weight excluding hydrogens is 426 g/mol. The molecule has 0 spiro atoms. The smallest absolute Gasteiger partial charge is 0.258 e. The van der Waals surface area contributed by atoms with E-state index in [9.17, 15) is 4.79 Å². The maximum absolute atomic E-state index is 13.0. The summed E-state index contributed by atoms with van der Waals surface area (Å²) >= 11 is 0. The molecule has 0 aliphatic carbocycles. The number of hydrogen-bond acceptors (Lipinski definition) is 4. The Hall–Kier alpha value is -4.26. The number of fused-ring (bicyclic) bond motifs is 1. The molecule has 0 saturated carbocycles. The van der Waals surface area contributed by atoms with Gasteiger partial charge in [-0.1, -0.05) is 30.3 Å². The summed E-state index contributed by atoms with van der Waals surface area (Å²) in [6.07, 6.45) is 2.75. The lowest BCUT2D eigenvalue weighted by Crippen LogP contribution is -2.36. The van der Waals surface area contributed by atoms with E-state index >= 15 is 0 Å². The zero-order chi connectivity index (χ0) is 23.9. The first-order chi connectivity index (χ1) is 16.5. The van der Waals surface area contributed by atoms with Crippen molar-refractivity contribution in [2.75, 3.05) is 38.0 Å². The molecule has 7 heteroatoms. The number of nitrogens with one attached hydrogen (secondary N) is 3. The Morgan fingerprint density at radius 3 is 2.68 bits per heavy atom. The Bertz CT molecular complexity index is 1310. The number of aromatic nitrogens is 1. The third kappa shape index (κ3) is 5.56. The molecule has 0 atom stereocenters. The Kier molecular flexibility index (Phi) is 7.13. The van der Waals surface area contributed by atoms with Crippen LogP contribution in [0.4, 0.5) is 11.4 Å². The molecule has 1 heterocycles. The van der Waals surface area contributed by atoms with Crippen molar-refractivity contribution in [1.82, 2.24) is 10.3 Å². The van der Waals surface area contributed by atoms with Gasteiger partial charge in [0.2, 0.25) is 5.96 Å². The van der Waals surface area contributed by atoms with Crippen LogP contribution in [0.1, 0.15) is 15.9 Å². The van der Waals surface area contributed by atoms with Crippen LogP contribution < -0.4 is 20.3 Å². The van der Waals surface area contributed by atoms with Crippen LogP contribution in [-0.2, 0) is 6.42 Å². The highest BCUT2D eigenvalue weighted by atomic mass is 16.5. The molecule has 4 rings (SSSR count). The van der Waals surface area contributed by atoms with Crippen molar-refractivity contribution in [2.45, 2.75) is 6.42 Å². The van der Waals surface area contributed by atoms with Crippen LogP contribution in [-0.4, -0.2) is 44.6 Å². The van der Waals surface area contributed by atoms with Crippen molar-refractivity contribution in [2.24, 2.45) is 4.99 Å². The number of anilines is 2. The van der Waals surface area contributed by atoms with Crippen molar-refractivity contribution in [1.29, 1.82) is 0 Å². The maximum atomic E-state index is 13.0. The van der Waals surface area contributed by atoms with Crippen molar-refractivity contribution in [3.63, 3.8) is 0 Å². The number of benzene rings is 3. The van der Waals surface area contributed by atoms with Gasteiger partial charge in [0.05, 0.1) is 7.11 Å². The molecule has 0 aliphatic rings. The van der Waals surface area contributed by atoms with Crippen LogP contribution in [0, 0.1) is 0 Å². The van der Waals surface area contributed by atoms with E-state index in [4.69, 9.17) is 4.74 Å². The summed E-state index contributed by atoms with van der Waals surface area (Å²) in [5.41, 5.74) is 4.57. The first kappa shape index (κ1) is 22.9. The van der Waals surface area contributed by atoms with E-state index in [1.165, 1.54) is 10.9 Å². The molecular formula is C27H29N5O2. The van der Waals surface area contributed by atoms with Gasteiger partial charge in [0.15, 0.2) is 0 Å². The second-order valence-electron chi connectivity index (χ2n) is 8.10. The largest absolute Gasteiger partial charge is 0.497 e. The highest BCUT2D eigenvalue weighted by molar-refractivity contribution is 6.10. The summed E-state index contributed by atoms with van der Waals surface area (Å²) in [5.74, 6) is 0.867. The normalized spacial score (nSPS) is 11.3. The quantitative estimate of drug-likeness (QED) is 0.279. The number of aromatic amines is 1. The van der Waals surface area contributed by atoms with Crippen LogP contribution in [0.5, 0.6) is 5.75 Å². The number of carbonyl (C=O) groups is 1. The van der Waals surface area contributed by atoms with Gasteiger partial charge in [-0.2, -0.15) is 0 Å². The summed E-state index contributed by atoms with van der Waals surface area (Å²) < 4.78 is 5.32. The summed E-state index contributed by atoms with van der Waals surface area (Å²) in [6.45, 7) is 0.506. The lowest BCUT2D eigenvalue weighted by atomic mass is 10.1. The van der Waals surface area contributed by atoms with Gasteiger partial charge in [-0.25, -0.2) is 0 Å². The number of carbonyl (C=O) groups excluding carboxylic acids is 1. The molecule has 0 radical (unpaired) electrons. The number of rotatable bonds is 7. The third-order valence-electron chi connectivity index (χ3n) is 5.52. The predicted octanol–water partition coefficient (Wildman–Crippen LogP) is 4.68. The van der Waals surface area contributed by atoms with E-state index in [1.54, 1.807) is 13.2 Å². The second kappa shape index (κ2) is 10.6. The average molecular weight is 456 g/mol. The molecule has 0 aliphatic heterocycles. The molecule has 3 N–H and O–H groups in total. The van der Waals surface area contributed by atoms with E-state index in [0.717, 1.165) is 23.3 Å². The average Bonchev–Trinajstić information content (AvgIpc) is 3.27. The summed E-state index contributed by atoms with van der Waals surface area (Å²) in [6, 6.07) is 23.2. The second-order valence-corrected chi connectivity index (χ2v) is 8.10. The van der Waals surface area contributed by atoms with Crippen LogP contribution in [0.25, 0.3) is 10.9 Å². The van der Waals surface area contributed by atoms with Crippen molar-refractivity contribution in [3.8, 4) is 5.75 Å². The van der Waals surface area contributed by atoms with Gasteiger partial charge in [0.1, 0.15) is 5.75 Å². The number of ether oxygens (including phenoxy) is 1. The highest BCUT2D eigenvalue weighted by Crippen LogP contribution is 2.19. The number of H-pyrrole nitrogens is 1. The van der Waals surface area contributed by atoms with E-state index in [1.807, 2.05) is 79.8 Å².